The summed E-state index contributed by atoms with van der Waals surface area (Å²) in [5, 5.41) is 3.81. The third-order valence-electron chi connectivity index (χ3n) is 4.56. The lowest BCUT2D eigenvalue weighted by atomic mass is 9.97. The van der Waals surface area contributed by atoms with Crippen molar-refractivity contribution >= 4 is 40.9 Å². The Labute approximate surface area is 168 Å². The summed E-state index contributed by atoms with van der Waals surface area (Å²) in [5.41, 5.74) is 1.36. The van der Waals surface area contributed by atoms with E-state index in [0.29, 0.717) is 41.5 Å². The van der Waals surface area contributed by atoms with Crippen LogP contribution in [-0.2, 0) is 16.1 Å². The molecule has 2 aromatic rings. The van der Waals surface area contributed by atoms with Gasteiger partial charge in [0.1, 0.15) is 6.61 Å². The number of carbonyl (C=O) groups is 2. The van der Waals surface area contributed by atoms with Crippen LogP contribution >= 0.6 is 23.2 Å². The van der Waals surface area contributed by atoms with Gasteiger partial charge in [0.25, 0.3) is 0 Å². The number of urea groups is 1. The predicted molar refractivity (Wildman–Crippen MR) is 106 cm³/mol. The van der Waals surface area contributed by atoms with Crippen molar-refractivity contribution in [1.29, 1.82) is 0 Å². The number of amides is 2. The molecule has 1 aliphatic rings. The van der Waals surface area contributed by atoms with Crippen molar-refractivity contribution in [2.75, 3.05) is 18.4 Å². The fourth-order valence-electron chi connectivity index (χ4n) is 2.97. The van der Waals surface area contributed by atoms with Crippen molar-refractivity contribution < 1.29 is 14.3 Å². The van der Waals surface area contributed by atoms with Crippen molar-refractivity contribution in [3.8, 4) is 0 Å². The van der Waals surface area contributed by atoms with Crippen molar-refractivity contribution in [3.63, 3.8) is 0 Å². The zero-order valence-corrected chi connectivity index (χ0v) is 16.2. The molecule has 2 aromatic carbocycles. The van der Waals surface area contributed by atoms with E-state index >= 15 is 0 Å². The molecule has 5 nitrogen and oxygen atoms in total. The van der Waals surface area contributed by atoms with Crippen LogP contribution in [0, 0.1) is 5.92 Å². The van der Waals surface area contributed by atoms with Crippen molar-refractivity contribution in [3.05, 3.63) is 64.1 Å². The second-order valence-corrected chi connectivity index (χ2v) is 7.18. The van der Waals surface area contributed by atoms with Crippen molar-refractivity contribution in [1.82, 2.24) is 4.90 Å². The number of piperidine rings is 1. The zero-order chi connectivity index (χ0) is 19.2. The van der Waals surface area contributed by atoms with Crippen LogP contribution in [-0.4, -0.2) is 30.0 Å². The van der Waals surface area contributed by atoms with Crippen LogP contribution in [0.1, 0.15) is 18.4 Å². The quantitative estimate of drug-likeness (QED) is 0.728. The number of rotatable bonds is 4. The molecular formula is C20H20Cl2N2O3. The topological polar surface area (TPSA) is 58.6 Å². The van der Waals surface area contributed by atoms with E-state index in [2.05, 4.69) is 5.32 Å². The molecule has 1 saturated heterocycles. The number of carbonyl (C=O) groups excluding carboxylic acids is 2. The summed E-state index contributed by atoms with van der Waals surface area (Å²) in [6.45, 7) is 1.06. The van der Waals surface area contributed by atoms with Gasteiger partial charge in [-0.05, 0) is 37.1 Å². The molecule has 0 bridgehead atoms. The number of hydrogen-bond acceptors (Lipinski definition) is 3. The number of anilines is 1. The molecular weight excluding hydrogens is 387 g/mol. The van der Waals surface area contributed by atoms with E-state index in [9.17, 15) is 9.59 Å². The maximum absolute atomic E-state index is 12.3. The summed E-state index contributed by atoms with van der Waals surface area (Å²) in [4.78, 5) is 26.3. The Kier molecular flexibility index (Phi) is 6.58. The predicted octanol–water partition coefficient (Wildman–Crippen LogP) is 4.98. The molecule has 3 rings (SSSR count). The van der Waals surface area contributed by atoms with Gasteiger partial charge in [0.15, 0.2) is 0 Å². The van der Waals surface area contributed by atoms with Gasteiger partial charge in [-0.15, -0.1) is 0 Å². The summed E-state index contributed by atoms with van der Waals surface area (Å²) >= 11 is 12.2. The van der Waals surface area contributed by atoms with Gasteiger partial charge in [-0.1, -0.05) is 47.5 Å². The highest BCUT2D eigenvalue weighted by Gasteiger charge is 2.28. The molecule has 7 heteroatoms. The smallest absolute Gasteiger partial charge is 0.321 e. The standard InChI is InChI=1S/C20H20Cl2N2O3/c21-17-7-4-8-18(22)16(17)13-27-19(25)14-9-11-24(12-10-14)20(26)23-15-5-2-1-3-6-15/h1-8,14H,9-13H2,(H,23,26). The fourth-order valence-corrected chi connectivity index (χ4v) is 3.48. The van der Waals surface area contributed by atoms with E-state index in [1.807, 2.05) is 30.3 Å². The highest BCUT2D eigenvalue weighted by Crippen LogP contribution is 2.26. The molecule has 27 heavy (non-hydrogen) atoms. The summed E-state index contributed by atoms with van der Waals surface area (Å²) in [7, 11) is 0. The average Bonchev–Trinajstić information content (AvgIpc) is 2.68. The molecule has 0 unspecified atom stereocenters. The van der Waals surface area contributed by atoms with Crippen molar-refractivity contribution in [2.24, 2.45) is 5.92 Å². The van der Waals surface area contributed by atoms with Crippen LogP contribution in [0.5, 0.6) is 0 Å². The summed E-state index contributed by atoms with van der Waals surface area (Å²) < 4.78 is 5.39. The number of hydrogen-bond donors (Lipinski definition) is 1. The third kappa shape index (κ3) is 5.15. The minimum atomic E-state index is -0.283. The lowest BCUT2D eigenvalue weighted by Gasteiger charge is -2.31. The van der Waals surface area contributed by atoms with Crippen molar-refractivity contribution in [2.45, 2.75) is 19.4 Å². The van der Waals surface area contributed by atoms with Gasteiger partial charge in [-0.2, -0.15) is 0 Å². The van der Waals surface area contributed by atoms with Crippen LogP contribution < -0.4 is 5.32 Å². The van der Waals surface area contributed by atoms with Gasteiger partial charge in [0.05, 0.1) is 5.92 Å². The highest BCUT2D eigenvalue weighted by molar-refractivity contribution is 6.35. The summed E-state index contributed by atoms with van der Waals surface area (Å²) in [6, 6.07) is 14.3. The third-order valence-corrected chi connectivity index (χ3v) is 5.27. The molecule has 1 fully saturated rings. The number of para-hydroxylation sites is 1. The summed E-state index contributed by atoms with van der Waals surface area (Å²) in [5.74, 6) is -0.513. The number of halogens is 2. The second kappa shape index (κ2) is 9.11. The number of ether oxygens (including phenoxy) is 1. The Morgan fingerprint density at radius 2 is 1.63 bits per heavy atom. The highest BCUT2D eigenvalue weighted by atomic mass is 35.5. The monoisotopic (exact) mass is 406 g/mol. The average molecular weight is 407 g/mol. The molecule has 0 aliphatic carbocycles. The first-order valence-electron chi connectivity index (χ1n) is 8.75. The van der Waals surface area contributed by atoms with Crippen LogP contribution in [0.4, 0.5) is 10.5 Å². The van der Waals surface area contributed by atoms with E-state index in [0.717, 1.165) is 5.69 Å². The first-order chi connectivity index (χ1) is 13.0. The molecule has 0 radical (unpaired) electrons. The Morgan fingerprint density at radius 3 is 2.26 bits per heavy atom. The van der Waals surface area contributed by atoms with Gasteiger partial charge in [0, 0.05) is 34.4 Å². The number of benzene rings is 2. The molecule has 0 atom stereocenters. The van der Waals surface area contributed by atoms with Crippen LogP contribution in [0.15, 0.2) is 48.5 Å². The number of esters is 1. The Bertz CT molecular complexity index is 786. The SMILES string of the molecule is O=C(OCc1c(Cl)cccc1Cl)C1CCN(C(=O)Nc2ccccc2)CC1. The molecule has 0 saturated carbocycles. The van der Waals surface area contributed by atoms with E-state index < -0.39 is 0 Å². The molecule has 0 spiro atoms. The van der Waals surface area contributed by atoms with Gasteiger partial charge in [0.2, 0.25) is 0 Å². The largest absolute Gasteiger partial charge is 0.460 e. The molecule has 142 valence electrons. The zero-order valence-electron chi connectivity index (χ0n) is 14.7. The molecule has 2 amide bonds. The maximum Gasteiger partial charge on any atom is 0.321 e. The van der Waals surface area contributed by atoms with E-state index in [1.165, 1.54) is 0 Å². The van der Waals surface area contributed by atoms with E-state index in [1.54, 1.807) is 23.1 Å². The second-order valence-electron chi connectivity index (χ2n) is 6.37. The number of nitrogens with zero attached hydrogens (tertiary/aromatic N) is 1. The lowest BCUT2D eigenvalue weighted by Crippen LogP contribution is -2.42. The Morgan fingerprint density at radius 1 is 1.00 bits per heavy atom. The minimum absolute atomic E-state index is 0.0477. The Hall–Kier alpha value is -2.24. The van der Waals surface area contributed by atoms with Gasteiger partial charge in [-0.3, -0.25) is 4.79 Å². The minimum Gasteiger partial charge on any atom is -0.460 e. The summed E-state index contributed by atoms with van der Waals surface area (Å²) in [6.07, 6.45) is 1.13. The molecule has 1 aliphatic heterocycles. The van der Waals surface area contributed by atoms with E-state index in [4.69, 9.17) is 27.9 Å². The van der Waals surface area contributed by atoms with E-state index in [-0.39, 0.29) is 24.5 Å². The first kappa shape index (κ1) is 19.5. The maximum atomic E-state index is 12.3. The first-order valence-corrected chi connectivity index (χ1v) is 9.50. The van der Waals surface area contributed by atoms with Crippen LogP contribution in [0.25, 0.3) is 0 Å². The number of nitrogens with one attached hydrogen (secondary N) is 1. The molecule has 1 heterocycles. The Balaban J connectivity index is 1.47. The van der Waals surface area contributed by atoms with Gasteiger partial charge in [-0.25, -0.2) is 4.79 Å². The van der Waals surface area contributed by atoms with Gasteiger partial charge < -0.3 is 15.0 Å². The van der Waals surface area contributed by atoms with Gasteiger partial charge >= 0.3 is 12.0 Å². The normalized spacial score (nSPS) is 14.7. The van der Waals surface area contributed by atoms with Crippen LogP contribution in [0.3, 0.4) is 0 Å². The lowest BCUT2D eigenvalue weighted by molar-refractivity contribution is -0.151. The fraction of sp³-hybridized carbons (Fsp3) is 0.300. The molecule has 0 aromatic heterocycles. The van der Waals surface area contributed by atoms with Crippen LogP contribution in [0.2, 0.25) is 10.0 Å². The molecule has 1 N–H and O–H groups in total. The number of likely N-dealkylation sites (tertiary alicyclic amines) is 1.